The highest BCUT2D eigenvalue weighted by Crippen LogP contribution is 2.38. The molecule has 0 N–H and O–H groups in total. The molecule has 3 aromatic heterocycles. The fourth-order valence-corrected chi connectivity index (χ4v) is 6.33. The lowest BCUT2D eigenvalue weighted by atomic mass is 10.0. The van der Waals surface area contributed by atoms with Gasteiger partial charge in [0.1, 0.15) is 11.6 Å². The summed E-state index contributed by atoms with van der Waals surface area (Å²) in [5.74, 6) is -0.203. The van der Waals surface area contributed by atoms with Crippen LogP contribution >= 0.6 is 23.4 Å². The molecule has 42 heavy (non-hydrogen) atoms. The SMILES string of the molecule is C=CC(=O)N1CCN(c2nc(=O)n(-c3c(SC)ccnc3C(C)C)c3nc(-c4c(C)cccc4F)c(Cl)cc23)[C@@H](C)C1. The highest BCUT2D eigenvalue weighted by atomic mass is 35.5. The van der Waals surface area contributed by atoms with E-state index in [1.54, 1.807) is 36.2 Å². The third-order valence-electron chi connectivity index (χ3n) is 7.55. The molecule has 4 aromatic rings. The van der Waals surface area contributed by atoms with Crippen molar-refractivity contribution in [2.24, 2.45) is 0 Å². The van der Waals surface area contributed by atoms with Gasteiger partial charge in [-0.1, -0.05) is 44.2 Å². The van der Waals surface area contributed by atoms with Gasteiger partial charge in [0, 0.05) is 42.3 Å². The summed E-state index contributed by atoms with van der Waals surface area (Å²) in [5, 5.41) is 0.774. The molecular weight excluding hydrogens is 575 g/mol. The van der Waals surface area contributed by atoms with Crippen LogP contribution in [0.3, 0.4) is 0 Å². The summed E-state index contributed by atoms with van der Waals surface area (Å²) in [4.78, 5) is 45.1. The number of anilines is 1. The Morgan fingerprint density at radius 3 is 2.64 bits per heavy atom. The van der Waals surface area contributed by atoms with Gasteiger partial charge in [-0.15, -0.1) is 11.8 Å². The molecule has 0 bridgehead atoms. The summed E-state index contributed by atoms with van der Waals surface area (Å²) in [5.41, 5.74) is 2.24. The maximum Gasteiger partial charge on any atom is 0.355 e. The van der Waals surface area contributed by atoms with E-state index in [0.29, 0.717) is 53.4 Å². The topological polar surface area (TPSA) is 84.2 Å². The van der Waals surface area contributed by atoms with E-state index in [9.17, 15) is 9.59 Å². The van der Waals surface area contributed by atoms with Crippen LogP contribution in [-0.4, -0.2) is 62.3 Å². The van der Waals surface area contributed by atoms with Crippen molar-refractivity contribution in [2.75, 3.05) is 30.8 Å². The van der Waals surface area contributed by atoms with Crippen LogP contribution in [0, 0.1) is 12.7 Å². The van der Waals surface area contributed by atoms with Gasteiger partial charge in [0.05, 0.1) is 27.5 Å². The Kier molecular flexibility index (Phi) is 8.39. The number of carbonyl (C=O) groups is 1. The van der Waals surface area contributed by atoms with Crippen LogP contribution in [0.15, 0.2) is 58.9 Å². The number of nitrogens with zero attached hydrogens (tertiary/aromatic N) is 6. The molecule has 1 amide bonds. The minimum absolute atomic E-state index is 0.00944. The standard InChI is InChI=1S/C31H32ClFN6O2S/c1-7-24(40)37-13-14-38(19(5)16-37)29-20-15-21(32)27(25-18(4)9-8-10-22(25)33)35-30(20)39(31(41)36-29)28-23(42-6)11-12-34-26(28)17(2)3/h7-12,15,17,19H,1,13-14,16H2,2-6H3/t19-/m0/s1. The maximum atomic E-state index is 15.2. The molecule has 1 aliphatic rings. The van der Waals surface area contributed by atoms with E-state index < -0.39 is 11.5 Å². The summed E-state index contributed by atoms with van der Waals surface area (Å²) in [6, 6.07) is 8.20. The van der Waals surface area contributed by atoms with E-state index in [2.05, 4.69) is 16.5 Å². The smallest absolute Gasteiger partial charge is 0.350 e. The van der Waals surface area contributed by atoms with E-state index in [1.807, 2.05) is 38.0 Å². The first-order valence-corrected chi connectivity index (χ1v) is 15.3. The predicted molar refractivity (Wildman–Crippen MR) is 168 cm³/mol. The lowest BCUT2D eigenvalue weighted by Gasteiger charge is -2.40. The number of halogens is 2. The van der Waals surface area contributed by atoms with E-state index >= 15 is 4.39 Å². The minimum atomic E-state index is -0.537. The van der Waals surface area contributed by atoms with Crippen molar-refractivity contribution >= 4 is 46.1 Å². The van der Waals surface area contributed by atoms with E-state index in [-0.39, 0.29) is 34.1 Å². The molecule has 5 rings (SSSR count). The molecule has 1 atom stereocenters. The molecule has 8 nitrogen and oxygen atoms in total. The van der Waals surface area contributed by atoms with Gasteiger partial charge in [-0.25, -0.2) is 18.7 Å². The number of fused-ring (bicyclic) bond motifs is 1. The Morgan fingerprint density at radius 1 is 1.24 bits per heavy atom. The lowest BCUT2D eigenvalue weighted by Crippen LogP contribution is -2.54. The number of pyridine rings is 2. The zero-order valence-electron chi connectivity index (χ0n) is 24.2. The van der Waals surface area contributed by atoms with Gasteiger partial charge in [0.25, 0.3) is 0 Å². The highest BCUT2D eigenvalue weighted by Gasteiger charge is 2.31. The highest BCUT2D eigenvalue weighted by molar-refractivity contribution is 7.98. The molecule has 0 saturated carbocycles. The van der Waals surface area contributed by atoms with Crippen LogP contribution < -0.4 is 10.6 Å². The number of aromatic nitrogens is 4. The largest absolute Gasteiger partial charge is 0.355 e. The minimum Gasteiger partial charge on any atom is -0.350 e. The molecule has 11 heteroatoms. The Balaban J connectivity index is 1.85. The third-order valence-corrected chi connectivity index (χ3v) is 8.61. The summed E-state index contributed by atoms with van der Waals surface area (Å²) >= 11 is 8.34. The molecule has 218 valence electrons. The average molecular weight is 607 g/mol. The molecule has 0 radical (unpaired) electrons. The van der Waals surface area contributed by atoms with Crippen molar-refractivity contribution in [3.05, 3.63) is 81.8 Å². The first-order valence-electron chi connectivity index (χ1n) is 13.7. The van der Waals surface area contributed by atoms with Crippen LogP contribution in [0.5, 0.6) is 0 Å². The first kappa shape index (κ1) is 29.7. The van der Waals surface area contributed by atoms with Crippen molar-refractivity contribution < 1.29 is 9.18 Å². The molecule has 1 aromatic carbocycles. The summed E-state index contributed by atoms with van der Waals surface area (Å²) in [6.45, 7) is 12.7. The molecule has 0 aliphatic carbocycles. The van der Waals surface area contributed by atoms with Gasteiger partial charge < -0.3 is 9.80 Å². The van der Waals surface area contributed by atoms with Gasteiger partial charge in [0.2, 0.25) is 5.91 Å². The second kappa shape index (κ2) is 11.9. The monoisotopic (exact) mass is 606 g/mol. The maximum absolute atomic E-state index is 15.2. The van der Waals surface area contributed by atoms with E-state index in [4.69, 9.17) is 16.6 Å². The van der Waals surface area contributed by atoms with Crippen LogP contribution in [0.1, 0.15) is 37.9 Å². The van der Waals surface area contributed by atoms with Crippen molar-refractivity contribution in [3.8, 4) is 16.9 Å². The second-order valence-corrected chi connectivity index (χ2v) is 11.9. The van der Waals surface area contributed by atoms with E-state index in [0.717, 1.165) is 4.90 Å². The lowest BCUT2D eigenvalue weighted by molar-refractivity contribution is -0.126. The number of hydrogen-bond acceptors (Lipinski definition) is 7. The van der Waals surface area contributed by atoms with Gasteiger partial charge in [-0.2, -0.15) is 4.98 Å². The van der Waals surface area contributed by atoms with E-state index in [1.165, 1.54) is 28.5 Å². The Labute approximate surface area is 253 Å². The Morgan fingerprint density at radius 2 is 2.00 bits per heavy atom. The fourth-order valence-electron chi connectivity index (χ4n) is 5.50. The quantitative estimate of drug-likeness (QED) is 0.196. The normalized spacial score (nSPS) is 15.5. The number of piperazine rings is 1. The second-order valence-electron chi connectivity index (χ2n) is 10.6. The van der Waals surface area contributed by atoms with Crippen LogP contribution in [0.4, 0.5) is 10.2 Å². The molecule has 0 spiro atoms. The molecule has 1 fully saturated rings. The molecular formula is C31H32ClFN6O2S. The zero-order valence-corrected chi connectivity index (χ0v) is 25.8. The number of rotatable bonds is 6. The van der Waals surface area contributed by atoms with Gasteiger partial charge in [-0.3, -0.25) is 9.78 Å². The van der Waals surface area contributed by atoms with Crippen LogP contribution in [-0.2, 0) is 4.79 Å². The number of aryl methyl sites for hydroxylation is 1. The van der Waals surface area contributed by atoms with Crippen molar-refractivity contribution in [2.45, 2.75) is 44.6 Å². The molecule has 4 heterocycles. The summed E-state index contributed by atoms with van der Waals surface area (Å²) < 4.78 is 16.7. The predicted octanol–water partition coefficient (Wildman–Crippen LogP) is 6.01. The molecule has 1 saturated heterocycles. The molecule has 1 aliphatic heterocycles. The third kappa shape index (κ3) is 5.18. The van der Waals surface area contributed by atoms with Crippen molar-refractivity contribution in [1.29, 1.82) is 0 Å². The average Bonchev–Trinajstić information content (AvgIpc) is 2.96. The van der Waals surface area contributed by atoms with Crippen LogP contribution in [0.25, 0.3) is 28.0 Å². The Bertz CT molecular complexity index is 1750. The zero-order chi connectivity index (χ0) is 30.3. The van der Waals surface area contributed by atoms with Gasteiger partial charge in [-0.05, 0) is 55.9 Å². The molecule has 0 unspecified atom stereocenters. The van der Waals surface area contributed by atoms with Gasteiger partial charge >= 0.3 is 5.69 Å². The number of benzene rings is 1. The van der Waals surface area contributed by atoms with Crippen molar-refractivity contribution in [1.82, 2.24) is 24.4 Å². The Hall–Kier alpha value is -3.76. The summed E-state index contributed by atoms with van der Waals surface area (Å²) in [6.07, 6.45) is 4.96. The van der Waals surface area contributed by atoms with Crippen LogP contribution in [0.2, 0.25) is 5.02 Å². The number of amides is 1. The fraction of sp³-hybridized carbons (Fsp3) is 0.323. The number of carbonyl (C=O) groups excluding carboxylic acids is 1. The van der Waals surface area contributed by atoms with Crippen molar-refractivity contribution in [3.63, 3.8) is 0 Å². The number of thioether (sulfide) groups is 1. The number of hydrogen-bond donors (Lipinski definition) is 0. The summed E-state index contributed by atoms with van der Waals surface area (Å²) in [7, 11) is 0. The first-order chi connectivity index (χ1) is 20.1. The van der Waals surface area contributed by atoms with Gasteiger partial charge in [0.15, 0.2) is 5.65 Å².